The first kappa shape index (κ1) is 18.2. The molecule has 1 unspecified atom stereocenters. The third kappa shape index (κ3) is 5.88. The Labute approximate surface area is 136 Å². The van der Waals surface area contributed by atoms with Gasteiger partial charge in [-0.15, -0.1) is 0 Å². The molecule has 0 fully saturated rings. The van der Waals surface area contributed by atoms with Gasteiger partial charge in [0.2, 0.25) is 0 Å². The molecule has 0 aromatic carbocycles. The average molecular weight is 376 g/mol. The number of carbonyl (C=O) groups excluding carboxylic acids is 3. The Bertz CT molecular complexity index is 527. The molecule has 0 aliphatic heterocycles. The molecule has 7 nitrogen and oxygen atoms in total. The zero-order chi connectivity index (χ0) is 16.5. The molecule has 1 rings (SSSR count). The van der Waals surface area contributed by atoms with Crippen LogP contribution in [0.1, 0.15) is 37.2 Å². The topological polar surface area (TPSA) is 94.8 Å². The van der Waals surface area contributed by atoms with E-state index in [1.54, 1.807) is 19.9 Å². The maximum Gasteiger partial charge on any atom is 0.328 e. The molecule has 0 saturated heterocycles. The number of esters is 2. The molecular weight excluding hydrogens is 358 g/mol. The minimum absolute atomic E-state index is 0.000545. The summed E-state index contributed by atoms with van der Waals surface area (Å²) in [7, 11) is 0. The van der Waals surface area contributed by atoms with Crippen LogP contribution in [0.25, 0.3) is 0 Å². The second kappa shape index (κ2) is 9.24. The minimum Gasteiger partial charge on any atom is -0.466 e. The largest absolute Gasteiger partial charge is 0.466 e. The Morgan fingerprint density at radius 1 is 1.23 bits per heavy atom. The molecule has 1 heterocycles. The van der Waals surface area contributed by atoms with Crippen LogP contribution < -0.4 is 5.32 Å². The first-order chi connectivity index (χ1) is 10.5. The second-order valence-electron chi connectivity index (χ2n) is 4.23. The second-order valence-corrected chi connectivity index (χ2v) is 5.01. The molecule has 0 radical (unpaired) electrons. The van der Waals surface area contributed by atoms with Gasteiger partial charge in [-0.05, 0) is 48.3 Å². The van der Waals surface area contributed by atoms with E-state index >= 15 is 0 Å². The van der Waals surface area contributed by atoms with Crippen molar-refractivity contribution in [2.24, 2.45) is 0 Å². The molecular formula is C14H18BrNO6. The van der Waals surface area contributed by atoms with Crippen molar-refractivity contribution in [3.63, 3.8) is 0 Å². The lowest BCUT2D eigenvalue weighted by molar-refractivity contribution is -0.146. The first-order valence-corrected chi connectivity index (χ1v) is 7.65. The summed E-state index contributed by atoms with van der Waals surface area (Å²) in [5.74, 6) is -1.55. The van der Waals surface area contributed by atoms with Crippen molar-refractivity contribution in [2.45, 2.75) is 32.7 Å². The summed E-state index contributed by atoms with van der Waals surface area (Å²) in [6, 6.07) is 2.08. The predicted octanol–water partition coefficient (Wildman–Crippen LogP) is 2.05. The zero-order valence-corrected chi connectivity index (χ0v) is 14.0. The summed E-state index contributed by atoms with van der Waals surface area (Å²) < 4.78 is 15.2. The molecule has 0 saturated carbocycles. The molecule has 0 bridgehead atoms. The summed E-state index contributed by atoms with van der Waals surface area (Å²) in [5.41, 5.74) is 0. The molecule has 8 heteroatoms. The Balaban J connectivity index is 2.66. The van der Waals surface area contributed by atoms with Crippen molar-refractivity contribution in [1.82, 2.24) is 5.32 Å². The first-order valence-electron chi connectivity index (χ1n) is 6.86. The number of ether oxygens (including phenoxy) is 2. The number of carbonyl (C=O) groups is 3. The van der Waals surface area contributed by atoms with Gasteiger partial charge in [0.15, 0.2) is 10.4 Å². The van der Waals surface area contributed by atoms with Crippen molar-refractivity contribution in [3.05, 3.63) is 22.6 Å². The number of rotatable bonds is 8. The van der Waals surface area contributed by atoms with Gasteiger partial charge in [0.1, 0.15) is 6.04 Å². The van der Waals surface area contributed by atoms with Gasteiger partial charge in [-0.3, -0.25) is 9.59 Å². The summed E-state index contributed by atoms with van der Waals surface area (Å²) in [5, 5.41) is 2.49. The number of nitrogens with one attached hydrogen (secondary N) is 1. The smallest absolute Gasteiger partial charge is 0.328 e. The molecule has 22 heavy (non-hydrogen) atoms. The van der Waals surface area contributed by atoms with E-state index in [1.165, 1.54) is 6.07 Å². The van der Waals surface area contributed by atoms with Crippen LogP contribution in [0.15, 0.2) is 21.2 Å². The Hall–Kier alpha value is -1.83. The fraction of sp³-hybridized carbons (Fsp3) is 0.500. The van der Waals surface area contributed by atoms with Gasteiger partial charge >= 0.3 is 11.9 Å². The molecule has 1 N–H and O–H groups in total. The summed E-state index contributed by atoms with van der Waals surface area (Å²) in [6.45, 7) is 3.79. The molecule has 1 atom stereocenters. The highest BCUT2D eigenvalue weighted by molar-refractivity contribution is 9.10. The van der Waals surface area contributed by atoms with Crippen LogP contribution in [0.4, 0.5) is 0 Å². The number of hydrogen-bond acceptors (Lipinski definition) is 6. The van der Waals surface area contributed by atoms with Crippen molar-refractivity contribution >= 4 is 33.8 Å². The predicted molar refractivity (Wildman–Crippen MR) is 80.2 cm³/mol. The average Bonchev–Trinajstić information content (AvgIpc) is 2.90. The fourth-order valence-electron chi connectivity index (χ4n) is 1.65. The Kier molecular flexibility index (Phi) is 7.65. The SMILES string of the molecule is CCOC(=O)CCC(NC(=O)c1ccc(Br)o1)C(=O)OCC. The maximum atomic E-state index is 12.0. The highest BCUT2D eigenvalue weighted by Crippen LogP contribution is 2.14. The van der Waals surface area contributed by atoms with Crippen molar-refractivity contribution in [3.8, 4) is 0 Å². The van der Waals surface area contributed by atoms with Gasteiger partial charge in [-0.2, -0.15) is 0 Å². The van der Waals surface area contributed by atoms with Crippen LogP contribution in [0, 0.1) is 0 Å². The van der Waals surface area contributed by atoms with Gasteiger partial charge in [0.25, 0.3) is 5.91 Å². The van der Waals surface area contributed by atoms with Crippen LogP contribution in [0.5, 0.6) is 0 Å². The third-order valence-electron chi connectivity index (χ3n) is 2.62. The van der Waals surface area contributed by atoms with E-state index in [4.69, 9.17) is 13.9 Å². The highest BCUT2D eigenvalue weighted by atomic mass is 79.9. The standard InChI is InChI=1S/C14H18BrNO6/c1-3-20-12(17)8-5-9(14(19)21-4-2)16-13(18)10-6-7-11(15)22-10/h6-7,9H,3-5,8H2,1-2H3,(H,16,18). The van der Waals surface area contributed by atoms with Crippen molar-refractivity contribution in [2.75, 3.05) is 13.2 Å². The van der Waals surface area contributed by atoms with Gasteiger partial charge in [0, 0.05) is 6.42 Å². The van der Waals surface area contributed by atoms with Gasteiger partial charge < -0.3 is 19.2 Å². The van der Waals surface area contributed by atoms with Crippen LogP contribution in [-0.4, -0.2) is 37.1 Å². The van der Waals surface area contributed by atoms with E-state index in [2.05, 4.69) is 21.2 Å². The van der Waals surface area contributed by atoms with E-state index < -0.39 is 23.9 Å². The Morgan fingerprint density at radius 3 is 2.45 bits per heavy atom. The summed E-state index contributed by atoms with van der Waals surface area (Å²) in [6.07, 6.45) is 0.0880. The molecule has 122 valence electrons. The van der Waals surface area contributed by atoms with Crippen LogP contribution >= 0.6 is 15.9 Å². The lowest BCUT2D eigenvalue weighted by Gasteiger charge is -2.16. The number of hydrogen-bond donors (Lipinski definition) is 1. The van der Waals surface area contributed by atoms with E-state index in [9.17, 15) is 14.4 Å². The minimum atomic E-state index is -0.944. The summed E-state index contributed by atoms with van der Waals surface area (Å²) in [4.78, 5) is 35.2. The Morgan fingerprint density at radius 2 is 1.91 bits per heavy atom. The summed E-state index contributed by atoms with van der Waals surface area (Å²) >= 11 is 3.09. The van der Waals surface area contributed by atoms with Gasteiger partial charge in [-0.25, -0.2) is 4.79 Å². The third-order valence-corrected chi connectivity index (χ3v) is 3.04. The maximum absolute atomic E-state index is 12.0. The van der Waals surface area contributed by atoms with E-state index in [1.807, 2.05) is 0 Å². The number of amides is 1. The van der Waals surface area contributed by atoms with E-state index in [0.29, 0.717) is 4.67 Å². The lowest BCUT2D eigenvalue weighted by Crippen LogP contribution is -2.42. The molecule has 0 spiro atoms. The molecule has 1 aromatic heterocycles. The van der Waals surface area contributed by atoms with Crippen LogP contribution in [-0.2, 0) is 19.1 Å². The van der Waals surface area contributed by atoms with Crippen LogP contribution in [0.3, 0.4) is 0 Å². The number of furan rings is 1. The van der Waals surface area contributed by atoms with E-state index in [0.717, 1.165) is 0 Å². The monoisotopic (exact) mass is 375 g/mol. The zero-order valence-electron chi connectivity index (χ0n) is 12.4. The van der Waals surface area contributed by atoms with Crippen LogP contribution in [0.2, 0.25) is 0 Å². The lowest BCUT2D eigenvalue weighted by atomic mass is 10.1. The van der Waals surface area contributed by atoms with E-state index in [-0.39, 0.29) is 31.8 Å². The highest BCUT2D eigenvalue weighted by Gasteiger charge is 2.25. The van der Waals surface area contributed by atoms with Gasteiger partial charge in [0.05, 0.1) is 13.2 Å². The molecule has 1 amide bonds. The molecule has 0 aliphatic carbocycles. The van der Waals surface area contributed by atoms with Gasteiger partial charge in [-0.1, -0.05) is 0 Å². The molecule has 1 aromatic rings. The van der Waals surface area contributed by atoms with Crippen molar-refractivity contribution < 1.29 is 28.3 Å². The quantitative estimate of drug-likeness (QED) is 0.698. The number of halogens is 1. The van der Waals surface area contributed by atoms with Crippen molar-refractivity contribution in [1.29, 1.82) is 0 Å². The molecule has 0 aliphatic rings. The normalized spacial score (nSPS) is 11.6. The fourth-order valence-corrected chi connectivity index (χ4v) is 1.96.